The molecule has 0 aliphatic carbocycles. The third-order valence-electron chi connectivity index (χ3n) is 3.14. The number of aliphatic hydroxyl groups excluding tert-OH is 1. The van der Waals surface area contributed by atoms with Gasteiger partial charge in [-0.3, -0.25) is 0 Å². The Labute approximate surface area is 96.5 Å². The van der Waals surface area contributed by atoms with Crippen molar-refractivity contribution in [1.29, 1.82) is 0 Å². The fourth-order valence-electron chi connectivity index (χ4n) is 1.39. The van der Waals surface area contributed by atoms with Crippen molar-refractivity contribution in [2.45, 2.75) is 27.2 Å². The summed E-state index contributed by atoms with van der Waals surface area (Å²) in [7, 11) is 0. The van der Waals surface area contributed by atoms with Crippen molar-refractivity contribution in [1.82, 2.24) is 0 Å². The molecule has 0 fully saturated rings. The zero-order chi connectivity index (χ0) is 12.2. The van der Waals surface area contributed by atoms with Gasteiger partial charge >= 0.3 is 0 Å². The zero-order valence-electron chi connectivity index (χ0n) is 10.2. The van der Waals surface area contributed by atoms with Gasteiger partial charge in [-0.1, -0.05) is 19.9 Å². The second-order valence-electron chi connectivity index (χ2n) is 4.64. The van der Waals surface area contributed by atoms with E-state index < -0.39 is 0 Å². The molecule has 1 aromatic carbocycles. The van der Waals surface area contributed by atoms with Crippen molar-refractivity contribution in [3.8, 4) is 0 Å². The fraction of sp³-hybridized carbons (Fsp3) is 0.538. The highest BCUT2D eigenvalue weighted by molar-refractivity contribution is 5.50. The molecule has 0 bridgehead atoms. The first-order chi connectivity index (χ1) is 7.50. The lowest BCUT2D eigenvalue weighted by Crippen LogP contribution is -2.29. The van der Waals surface area contributed by atoms with Gasteiger partial charge in [0.05, 0.1) is 6.61 Å². The summed E-state index contributed by atoms with van der Waals surface area (Å²) in [6.45, 7) is 6.75. The number of aliphatic hydroxyl groups is 1. The quantitative estimate of drug-likeness (QED) is 0.807. The third kappa shape index (κ3) is 3.20. The van der Waals surface area contributed by atoms with Crippen molar-refractivity contribution in [2.75, 3.05) is 18.5 Å². The van der Waals surface area contributed by atoms with E-state index in [1.54, 1.807) is 6.07 Å². The lowest BCUT2D eigenvalue weighted by molar-refractivity contribution is 0.149. The minimum atomic E-state index is -0.240. The topological polar surface area (TPSA) is 32.3 Å². The van der Waals surface area contributed by atoms with Gasteiger partial charge in [0.15, 0.2) is 0 Å². The van der Waals surface area contributed by atoms with Gasteiger partial charge in [-0.05, 0) is 31.0 Å². The molecule has 3 heteroatoms. The largest absolute Gasteiger partial charge is 0.396 e. The number of anilines is 1. The molecule has 0 heterocycles. The summed E-state index contributed by atoms with van der Waals surface area (Å²) < 4.78 is 13.0. The van der Waals surface area contributed by atoms with E-state index in [-0.39, 0.29) is 17.8 Å². The Morgan fingerprint density at radius 1 is 1.44 bits per heavy atom. The Balaban J connectivity index is 2.70. The number of hydrogen-bond donors (Lipinski definition) is 2. The molecule has 0 amide bonds. The molecule has 1 rings (SSSR count). The molecular weight excluding hydrogens is 205 g/mol. The maximum Gasteiger partial charge on any atom is 0.125 e. The molecule has 1 atom stereocenters. The van der Waals surface area contributed by atoms with Gasteiger partial charge in [0.1, 0.15) is 5.82 Å². The first-order valence-electron chi connectivity index (χ1n) is 5.61. The first-order valence-corrected chi connectivity index (χ1v) is 5.61. The maximum absolute atomic E-state index is 13.0. The van der Waals surface area contributed by atoms with E-state index in [2.05, 4.69) is 5.32 Å². The molecule has 0 spiro atoms. The van der Waals surface area contributed by atoms with Crippen molar-refractivity contribution in [2.24, 2.45) is 5.41 Å². The van der Waals surface area contributed by atoms with Crippen LogP contribution >= 0.6 is 0 Å². The van der Waals surface area contributed by atoms with Gasteiger partial charge in [-0.2, -0.15) is 0 Å². The SMILES string of the molecule is CCC(C)(CO)CNc1cc(F)ccc1C. The Morgan fingerprint density at radius 3 is 2.69 bits per heavy atom. The third-order valence-corrected chi connectivity index (χ3v) is 3.14. The van der Waals surface area contributed by atoms with Crippen LogP contribution in [0.4, 0.5) is 10.1 Å². The van der Waals surface area contributed by atoms with Gasteiger partial charge in [0.25, 0.3) is 0 Å². The molecule has 0 aromatic heterocycles. The lowest BCUT2D eigenvalue weighted by Gasteiger charge is -2.26. The Hall–Kier alpha value is -1.09. The summed E-state index contributed by atoms with van der Waals surface area (Å²) in [5.41, 5.74) is 1.66. The second kappa shape index (κ2) is 5.30. The number of aryl methyl sites for hydroxylation is 1. The van der Waals surface area contributed by atoms with Crippen LogP contribution < -0.4 is 5.32 Å². The molecule has 90 valence electrons. The van der Waals surface area contributed by atoms with Crippen LogP contribution in [0, 0.1) is 18.2 Å². The van der Waals surface area contributed by atoms with Gasteiger partial charge in [0.2, 0.25) is 0 Å². The molecule has 1 aromatic rings. The fourth-order valence-corrected chi connectivity index (χ4v) is 1.39. The summed E-state index contributed by atoms with van der Waals surface area (Å²) in [6, 6.07) is 4.69. The van der Waals surface area contributed by atoms with Crippen molar-refractivity contribution < 1.29 is 9.50 Å². The van der Waals surface area contributed by atoms with Crippen molar-refractivity contribution >= 4 is 5.69 Å². The van der Waals surface area contributed by atoms with Crippen molar-refractivity contribution in [3.63, 3.8) is 0 Å². The molecule has 2 N–H and O–H groups in total. The lowest BCUT2D eigenvalue weighted by atomic mass is 9.88. The average molecular weight is 225 g/mol. The second-order valence-corrected chi connectivity index (χ2v) is 4.64. The van der Waals surface area contributed by atoms with E-state index in [0.717, 1.165) is 17.7 Å². The molecule has 0 saturated carbocycles. The highest BCUT2D eigenvalue weighted by Crippen LogP contribution is 2.23. The van der Waals surface area contributed by atoms with Crippen LogP contribution in [0.15, 0.2) is 18.2 Å². The molecule has 16 heavy (non-hydrogen) atoms. The van der Waals surface area contributed by atoms with E-state index >= 15 is 0 Å². The molecule has 0 saturated heterocycles. The molecule has 0 radical (unpaired) electrons. The molecule has 0 aliphatic heterocycles. The number of halogens is 1. The minimum Gasteiger partial charge on any atom is -0.396 e. The summed E-state index contributed by atoms with van der Waals surface area (Å²) in [5.74, 6) is -0.240. The van der Waals surface area contributed by atoms with Crippen LogP contribution in [-0.2, 0) is 0 Å². The Bertz CT molecular complexity index is 348. The van der Waals surface area contributed by atoms with Crippen LogP contribution in [0.3, 0.4) is 0 Å². The predicted molar refractivity (Wildman–Crippen MR) is 65.1 cm³/mol. The molecule has 2 nitrogen and oxygen atoms in total. The standard InChI is InChI=1S/C13H20FNO/c1-4-13(3,9-16)8-15-12-7-11(14)6-5-10(12)2/h5-7,15-16H,4,8-9H2,1-3H3. The Morgan fingerprint density at radius 2 is 2.12 bits per heavy atom. The van der Waals surface area contributed by atoms with Gasteiger partial charge in [-0.25, -0.2) is 4.39 Å². The smallest absolute Gasteiger partial charge is 0.125 e. The van der Waals surface area contributed by atoms with Crippen LogP contribution in [-0.4, -0.2) is 18.3 Å². The van der Waals surface area contributed by atoms with E-state index in [4.69, 9.17) is 0 Å². The highest BCUT2D eigenvalue weighted by Gasteiger charge is 2.20. The van der Waals surface area contributed by atoms with E-state index in [1.165, 1.54) is 12.1 Å². The number of nitrogens with one attached hydrogen (secondary N) is 1. The summed E-state index contributed by atoms with van der Waals surface area (Å²) in [6.07, 6.45) is 0.880. The number of rotatable bonds is 5. The molecule has 0 aliphatic rings. The van der Waals surface area contributed by atoms with Crippen LogP contribution in [0.25, 0.3) is 0 Å². The number of hydrogen-bond acceptors (Lipinski definition) is 2. The van der Waals surface area contributed by atoms with E-state index in [9.17, 15) is 9.50 Å². The maximum atomic E-state index is 13.0. The predicted octanol–water partition coefficient (Wildman–Crippen LogP) is 2.95. The first kappa shape index (κ1) is 13.0. The van der Waals surface area contributed by atoms with Crippen LogP contribution in [0.2, 0.25) is 0 Å². The highest BCUT2D eigenvalue weighted by atomic mass is 19.1. The Kier molecular flexibility index (Phi) is 4.30. The zero-order valence-corrected chi connectivity index (χ0v) is 10.2. The van der Waals surface area contributed by atoms with Gasteiger partial charge in [-0.15, -0.1) is 0 Å². The molecule has 1 unspecified atom stereocenters. The number of benzene rings is 1. The average Bonchev–Trinajstić information content (AvgIpc) is 2.30. The minimum absolute atomic E-state index is 0.130. The normalized spacial score (nSPS) is 14.6. The van der Waals surface area contributed by atoms with E-state index in [1.807, 2.05) is 20.8 Å². The van der Waals surface area contributed by atoms with Crippen molar-refractivity contribution in [3.05, 3.63) is 29.6 Å². The monoisotopic (exact) mass is 225 g/mol. The van der Waals surface area contributed by atoms with Crippen LogP contribution in [0.1, 0.15) is 25.8 Å². The summed E-state index contributed by atoms with van der Waals surface area (Å²) in [5, 5.41) is 12.5. The van der Waals surface area contributed by atoms with E-state index in [0.29, 0.717) is 6.54 Å². The van der Waals surface area contributed by atoms with Gasteiger partial charge in [0, 0.05) is 17.6 Å². The van der Waals surface area contributed by atoms with Gasteiger partial charge < -0.3 is 10.4 Å². The summed E-state index contributed by atoms with van der Waals surface area (Å²) in [4.78, 5) is 0. The molecular formula is C13H20FNO. The summed E-state index contributed by atoms with van der Waals surface area (Å²) >= 11 is 0. The van der Waals surface area contributed by atoms with Crippen LogP contribution in [0.5, 0.6) is 0 Å².